The van der Waals surface area contributed by atoms with Gasteiger partial charge in [0.1, 0.15) is 6.17 Å². The Morgan fingerprint density at radius 3 is 2.33 bits per heavy atom. The fourth-order valence-electron chi connectivity index (χ4n) is 1.29. The number of nitrogens with zero attached hydrogens (tertiary/aromatic N) is 1. The third-order valence-corrected chi connectivity index (χ3v) is 2.56. The van der Waals surface area contributed by atoms with Crippen molar-refractivity contribution in [1.29, 1.82) is 0 Å². The van der Waals surface area contributed by atoms with Crippen molar-refractivity contribution in [2.75, 3.05) is 18.0 Å². The molecule has 0 bridgehead atoms. The first-order valence-corrected chi connectivity index (χ1v) is 4.69. The molecule has 12 heavy (non-hydrogen) atoms. The molecule has 0 unspecified atom stereocenters. The molecule has 0 radical (unpaired) electrons. The van der Waals surface area contributed by atoms with Crippen LogP contribution in [0.25, 0.3) is 0 Å². The van der Waals surface area contributed by atoms with Crippen LogP contribution >= 0.6 is 15.9 Å². The molecule has 1 fully saturated rings. The Kier molecular flexibility index (Phi) is 2.05. The van der Waals surface area contributed by atoms with Gasteiger partial charge >= 0.3 is 0 Å². The van der Waals surface area contributed by atoms with Crippen molar-refractivity contribution >= 4 is 21.6 Å². The Morgan fingerprint density at radius 1 is 1.25 bits per heavy atom. The summed E-state index contributed by atoms with van der Waals surface area (Å²) in [4.78, 5) is 2.02. The predicted molar refractivity (Wildman–Crippen MR) is 51.3 cm³/mol. The predicted octanol–water partition coefficient (Wildman–Crippen LogP) is 2.61. The van der Waals surface area contributed by atoms with E-state index in [0.717, 1.165) is 10.2 Å². The summed E-state index contributed by atoms with van der Waals surface area (Å²) < 4.78 is 13.5. The van der Waals surface area contributed by atoms with Crippen molar-refractivity contribution in [2.24, 2.45) is 0 Å². The molecule has 0 aromatic heterocycles. The highest BCUT2D eigenvalue weighted by atomic mass is 79.9. The SMILES string of the molecule is FC1CN(c2ccc(Br)cc2)C1. The van der Waals surface area contributed by atoms with Crippen LogP contribution in [-0.2, 0) is 0 Å². The lowest BCUT2D eigenvalue weighted by Crippen LogP contribution is -2.48. The Hall–Kier alpha value is -0.570. The van der Waals surface area contributed by atoms with Gasteiger partial charge in [-0.15, -0.1) is 0 Å². The number of halogens is 2. The van der Waals surface area contributed by atoms with Crippen LogP contribution in [0.5, 0.6) is 0 Å². The third-order valence-electron chi connectivity index (χ3n) is 2.03. The number of anilines is 1. The Labute approximate surface area is 79.3 Å². The molecule has 64 valence electrons. The molecule has 1 aromatic rings. The van der Waals surface area contributed by atoms with Gasteiger partial charge in [-0.1, -0.05) is 15.9 Å². The third kappa shape index (κ3) is 1.46. The van der Waals surface area contributed by atoms with Crippen LogP contribution in [0, 0.1) is 0 Å². The van der Waals surface area contributed by atoms with Gasteiger partial charge in [0.05, 0.1) is 13.1 Å². The van der Waals surface area contributed by atoms with E-state index in [2.05, 4.69) is 15.9 Å². The van der Waals surface area contributed by atoms with Crippen molar-refractivity contribution in [1.82, 2.24) is 0 Å². The van der Waals surface area contributed by atoms with E-state index >= 15 is 0 Å². The molecule has 0 atom stereocenters. The number of alkyl halides is 1. The summed E-state index contributed by atoms with van der Waals surface area (Å²) in [5.41, 5.74) is 1.10. The van der Waals surface area contributed by atoms with Gasteiger partial charge in [-0.3, -0.25) is 0 Å². The standard InChI is InChI=1S/C9H9BrFN/c10-7-1-3-9(4-2-7)12-5-8(11)6-12/h1-4,8H,5-6H2. The molecular weight excluding hydrogens is 221 g/mol. The smallest absolute Gasteiger partial charge is 0.135 e. The quantitative estimate of drug-likeness (QED) is 0.716. The van der Waals surface area contributed by atoms with E-state index in [1.165, 1.54) is 0 Å². The lowest BCUT2D eigenvalue weighted by molar-refractivity contribution is 0.275. The second kappa shape index (κ2) is 3.05. The second-order valence-electron chi connectivity index (χ2n) is 2.98. The maximum absolute atomic E-state index is 12.5. The molecular formula is C9H9BrFN. The van der Waals surface area contributed by atoms with Gasteiger partial charge < -0.3 is 4.90 Å². The molecule has 1 nitrogen and oxygen atoms in total. The van der Waals surface area contributed by atoms with Crippen molar-refractivity contribution in [2.45, 2.75) is 6.17 Å². The molecule has 1 aliphatic rings. The number of hydrogen-bond donors (Lipinski definition) is 0. The molecule has 3 heteroatoms. The molecule has 1 aromatic carbocycles. The molecule has 1 heterocycles. The van der Waals surface area contributed by atoms with Crippen LogP contribution in [0.3, 0.4) is 0 Å². The molecule has 0 spiro atoms. The Balaban J connectivity index is 2.09. The van der Waals surface area contributed by atoms with E-state index in [4.69, 9.17) is 0 Å². The van der Waals surface area contributed by atoms with Gasteiger partial charge in [0.2, 0.25) is 0 Å². The molecule has 1 saturated heterocycles. The van der Waals surface area contributed by atoms with Crippen molar-refractivity contribution in [3.05, 3.63) is 28.7 Å². The van der Waals surface area contributed by atoms with Crippen LogP contribution in [0.15, 0.2) is 28.7 Å². The van der Waals surface area contributed by atoms with Gasteiger partial charge in [-0.05, 0) is 24.3 Å². The zero-order valence-electron chi connectivity index (χ0n) is 6.50. The maximum Gasteiger partial charge on any atom is 0.135 e. The van der Waals surface area contributed by atoms with Crippen LogP contribution in [0.4, 0.5) is 10.1 Å². The fraction of sp³-hybridized carbons (Fsp3) is 0.333. The summed E-state index contributed by atoms with van der Waals surface area (Å²) >= 11 is 3.35. The largest absolute Gasteiger partial charge is 0.366 e. The zero-order valence-corrected chi connectivity index (χ0v) is 8.09. The summed E-state index contributed by atoms with van der Waals surface area (Å²) in [6.45, 7) is 1.09. The first-order chi connectivity index (χ1) is 5.75. The van der Waals surface area contributed by atoms with Crippen LogP contribution < -0.4 is 4.90 Å². The van der Waals surface area contributed by atoms with E-state index in [9.17, 15) is 4.39 Å². The minimum absolute atomic E-state index is 0.543. The van der Waals surface area contributed by atoms with Crippen molar-refractivity contribution in [3.63, 3.8) is 0 Å². The molecule has 0 saturated carbocycles. The number of rotatable bonds is 1. The van der Waals surface area contributed by atoms with Crippen molar-refractivity contribution in [3.8, 4) is 0 Å². The molecule has 0 amide bonds. The molecule has 0 N–H and O–H groups in total. The Morgan fingerprint density at radius 2 is 1.83 bits per heavy atom. The van der Waals surface area contributed by atoms with Gasteiger partial charge in [-0.2, -0.15) is 0 Å². The summed E-state index contributed by atoms with van der Waals surface area (Å²) in [7, 11) is 0. The average molecular weight is 230 g/mol. The van der Waals surface area contributed by atoms with Crippen LogP contribution in [0.1, 0.15) is 0 Å². The van der Waals surface area contributed by atoms with E-state index < -0.39 is 6.17 Å². The van der Waals surface area contributed by atoms with E-state index in [0.29, 0.717) is 13.1 Å². The highest BCUT2D eigenvalue weighted by Crippen LogP contribution is 2.23. The maximum atomic E-state index is 12.5. The summed E-state index contributed by atoms with van der Waals surface area (Å²) in [5, 5.41) is 0. The van der Waals surface area contributed by atoms with Crippen molar-refractivity contribution < 1.29 is 4.39 Å². The highest BCUT2D eigenvalue weighted by Gasteiger charge is 2.25. The minimum atomic E-state index is -0.631. The van der Waals surface area contributed by atoms with Crippen LogP contribution in [0.2, 0.25) is 0 Å². The van der Waals surface area contributed by atoms with Gasteiger partial charge in [0, 0.05) is 10.2 Å². The topological polar surface area (TPSA) is 3.24 Å². The van der Waals surface area contributed by atoms with E-state index in [1.54, 1.807) is 0 Å². The average Bonchev–Trinajstić information content (AvgIpc) is 2.01. The van der Waals surface area contributed by atoms with E-state index in [1.807, 2.05) is 29.2 Å². The lowest BCUT2D eigenvalue weighted by Gasteiger charge is -2.36. The van der Waals surface area contributed by atoms with E-state index in [-0.39, 0.29) is 0 Å². The Bertz CT molecular complexity index is 266. The molecule has 2 rings (SSSR count). The molecule has 0 aliphatic carbocycles. The number of hydrogen-bond acceptors (Lipinski definition) is 1. The van der Waals surface area contributed by atoms with Crippen LogP contribution in [-0.4, -0.2) is 19.3 Å². The highest BCUT2D eigenvalue weighted by molar-refractivity contribution is 9.10. The van der Waals surface area contributed by atoms with Gasteiger partial charge in [-0.25, -0.2) is 4.39 Å². The fourth-order valence-corrected chi connectivity index (χ4v) is 1.55. The first kappa shape index (κ1) is 8.05. The number of benzene rings is 1. The summed E-state index contributed by atoms with van der Waals surface area (Å²) in [6.07, 6.45) is -0.631. The monoisotopic (exact) mass is 229 g/mol. The van der Waals surface area contributed by atoms with Gasteiger partial charge in [0.15, 0.2) is 0 Å². The second-order valence-corrected chi connectivity index (χ2v) is 3.89. The minimum Gasteiger partial charge on any atom is -0.366 e. The van der Waals surface area contributed by atoms with Gasteiger partial charge in [0.25, 0.3) is 0 Å². The summed E-state index contributed by atoms with van der Waals surface area (Å²) in [5.74, 6) is 0. The molecule has 1 aliphatic heterocycles. The normalized spacial score (nSPS) is 17.7. The zero-order chi connectivity index (χ0) is 8.55. The first-order valence-electron chi connectivity index (χ1n) is 3.90. The lowest BCUT2D eigenvalue weighted by atomic mass is 10.1. The summed E-state index contributed by atoms with van der Waals surface area (Å²) in [6, 6.07) is 7.94.